The lowest BCUT2D eigenvalue weighted by Crippen LogP contribution is -2.22. The highest BCUT2D eigenvalue weighted by molar-refractivity contribution is 8.25. The quantitative estimate of drug-likeness (QED) is 0.454. The Bertz CT molecular complexity index is 902. The number of aliphatic hydroxyl groups is 1. The van der Waals surface area contributed by atoms with Gasteiger partial charge in [-0.05, 0) is 29.3 Å². The first kappa shape index (κ1) is 21.3. The van der Waals surface area contributed by atoms with Gasteiger partial charge in [0.05, 0.1) is 35.4 Å². The molecule has 1 aliphatic heterocycles. The minimum Gasteiger partial charge on any atom is -0.394 e. The summed E-state index contributed by atoms with van der Waals surface area (Å²) in [6.07, 6.45) is 0. The summed E-state index contributed by atoms with van der Waals surface area (Å²) in [5, 5.41) is 10.9. The van der Waals surface area contributed by atoms with Crippen molar-refractivity contribution in [2.45, 2.75) is 21.6 Å². The fourth-order valence-electron chi connectivity index (χ4n) is 3.33. The maximum absolute atomic E-state index is 13.2. The van der Waals surface area contributed by atoms with Gasteiger partial charge < -0.3 is 15.2 Å². The summed E-state index contributed by atoms with van der Waals surface area (Å²) in [5.41, 5.74) is 1.21. The van der Waals surface area contributed by atoms with Gasteiger partial charge >= 0.3 is 0 Å². The molecule has 4 N–H and O–H groups in total. The van der Waals surface area contributed by atoms with Gasteiger partial charge in [0.15, 0.2) is 9.84 Å². The second-order valence-electron chi connectivity index (χ2n) is 6.52. The molecule has 9 heteroatoms. The molecule has 28 heavy (non-hydrogen) atoms. The number of hydrogen-bond donors (Lipinski definition) is 4. The Morgan fingerprint density at radius 1 is 1.07 bits per heavy atom. The topological polar surface area (TPSA) is 116 Å². The highest BCUT2D eigenvalue weighted by Crippen LogP contribution is 2.62. The van der Waals surface area contributed by atoms with E-state index in [0.29, 0.717) is 30.2 Å². The molecule has 0 bridgehead atoms. The summed E-state index contributed by atoms with van der Waals surface area (Å²) in [5.74, 6) is -0.226. The van der Waals surface area contributed by atoms with Crippen molar-refractivity contribution in [1.82, 2.24) is 5.32 Å². The summed E-state index contributed by atoms with van der Waals surface area (Å²) in [7, 11) is -6.94. The van der Waals surface area contributed by atoms with E-state index in [1.54, 1.807) is 36.4 Å². The SMILES string of the molecule is O=S(=O)(c1ccccc1)C1CS(O)(O)c2cccc(CNCCOCCO)c21. The molecule has 0 saturated carbocycles. The lowest BCUT2D eigenvalue weighted by atomic mass is 10.1. The first-order chi connectivity index (χ1) is 13.4. The molecule has 0 amide bonds. The highest BCUT2D eigenvalue weighted by Gasteiger charge is 2.44. The van der Waals surface area contributed by atoms with Crippen LogP contribution in [0.4, 0.5) is 0 Å². The first-order valence-electron chi connectivity index (χ1n) is 8.94. The van der Waals surface area contributed by atoms with Crippen LogP contribution in [0.3, 0.4) is 0 Å². The zero-order chi connectivity index (χ0) is 20.2. The Kier molecular flexibility index (Phi) is 6.77. The molecule has 3 rings (SSSR count). The third-order valence-corrected chi connectivity index (χ3v) is 8.79. The molecular weight excluding hydrogens is 402 g/mol. The summed E-state index contributed by atoms with van der Waals surface area (Å²) < 4.78 is 52.7. The van der Waals surface area contributed by atoms with Gasteiger partial charge in [-0.1, -0.05) is 30.3 Å². The van der Waals surface area contributed by atoms with E-state index in [1.807, 2.05) is 0 Å². The van der Waals surface area contributed by atoms with Gasteiger partial charge in [-0.25, -0.2) is 8.42 Å². The van der Waals surface area contributed by atoms with Crippen LogP contribution in [0.1, 0.15) is 16.4 Å². The van der Waals surface area contributed by atoms with Crippen LogP contribution in [-0.2, 0) is 21.1 Å². The van der Waals surface area contributed by atoms with Crippen LogP contribution in [0.15, 0.2) is 58.3 Å². The third kappa shape index (κ3) is 4.41. The lowest BCUT2D eigenvalue weighted by molar-refractivity contribution is 0.0938. The van der Waals surface area contributed by atoms with Gasteiger partial charge in [-0.3, -0.25) is 9.11 Å². The Balaban J connectivity index is 1.88. The fraction of sp³-hybridized carbons (Fsp3) is 0.368. The largest absolute Gasteiger partial charge is 0.394 e. The minimum atomic E-state index is -3.77. The summed E-state index contributed by atoms with van der Waals surface area (Å²) in [4.78, 5) is 0.482. The predicted molar refractivity (Wildman–Crippen MR) is 108 cm³/mol. The van der Waals surface area contributed by atoms with Crippen LogP contribution in [0.25, 0.3) is 0 Å². The van der Waals surface area contributed by atoms with E-state index in [4.69, 9.17) is 9.84 Å². The molecule has 154 valence electrons. The van der Waals surface area contributed by atoms with Crippen molar-refractivity contribution in [2.24, 2.45) is 0 Å². The number of benzene rings is 2. The summed E-state index contributed by atoms with van der Waals surface area (Å²) in [6.45, 7) is 1.54. The van der Waals surface area contributed by atoms with Crippen LogP contribution in [-0.4, -0.2) is 54.7 Å². The second kappa shape index (κ2) is 8.91. The predicted octanol–water partition coefficient (Wildman–Crippen LogP) is 2.42. The number of sulfone groups is 1. The van der Waals surface area contributed by atoms with Crippen molar-refractivity contribution in [3.63, 3.8) is 0 Å². The fourth-order valence-corrected chi connectivity index (χ4v) is 7.84. The normalized spacial score (nSPS) is 19.3. The number of hydrogen-bond acceptors (Lipinski definition) is 7. The standard InChI is InChI=1S/C19H25NO6S2/c21-10-12-26-11-9-20-13-15-5-4-8-17-19(15)18(14-27(17,22)23)28(24,25)16-6-2-1-3-7-16/h1-8,18,20-23H,9-14H2. The van der Waals surface area contributed by atoms with E-state index in [1.165, 1.54) is 12.1 Å². The van der Waals surface area contributed by atoms with E-state index >= 15 is 0 Å². The molecule has 0 spiro atoms. The number of ether oxygens (including phenoxy) is 1. The Hall–Kier alpha value is -1.46. The smallest absolute Gasteiger partial charge is 0.187 e. The van der Waals surface area contributed by atoms with Crippen molar-refractivity contribution in [3.8, 4) is 0 Å². The molecular formula is C19H25NO6S2. The van der Waals surface area contributed by atoms with Gasteiger partial charge in [-0.2, -0.15) is 10.6 Å². The van der Waals surface area contributed by atoms with E-state index in [0.717, 1.165) is 5.56 Å². The molecule has 0 aliphatic carbocycles. The van der Waals surface area contributed by atoms with Gasteiger partial charge in [0.2, 0.25) is 0 Å². The van der Waals surface area contributed by atoms with E-state index in [-0.39, 0.29) is 23.9 Å². The molecule has 7 nitrogen and oxygen atoms in total. The Morgan fingerprint density at radius 3 is 2.54 bits per heavy atom. The van der Waals surface area contributed by atoms with E-state index < -0.39 is 25.7 Å². The lowest BCUT2D eigenvalue weighted by Gasteiger charge is -2.27. The molecule has 1 aliphatic rings. The van der Waals surface area contributed by atoms with Crippen molar-refractivity contribution in [1.29, 1.82) is 0 Å². The average Bonchev–Trinajstić information content (AvgIpc) is 2.98. The van der Waals surface area contributed by atoms with Crippen LogP contribution < -0.4 is 5.32 Å². The molecule has 2 aromatic rings. The van der Waals surface area contributed by atoms with E-state index in [2.05, 4.69) is 5.32 Å². The number of rotatable bonds is 9. The van der Waals surface area contributed by atoms with Gasteiger partial charge in [0, 0.05) is 13.1 Å². The van der Waals surface area contributed by atoms with Crippen LogP contribution in [0, 0.1) is 0 Å². The van der Waals surface area contributed by atoms with Crippen molar-refractivity contribution in [3.05, 3.63) is 59.7 Å². The zero-order valence-corrected chi connectivity index (χ0v) is 17.0. The third-order valence-electron chi connectivity index (χ3n) is 4.63. The van der Waals surface area contributed by atoms with Gasteiger partial charge in [0.25, 0.3) is 0 Å². The molecule has 0 saturated heterocycles. The molecule has 1 unspecified atom stereocenters. The Labute approximate surface area is 166 Å². The van der Waals surface area contributed by atoms with Crippen molar-refractivity contribution in [2.75, 3.05) is 32.1 Å². The van der Waals surface area contributed by atoms with Crippen LogP contribution in [0.2, 0.25) is 0 Å². The average molecular weight is 428 g/mol. The maximum atomic E-state index is 13.2. The molecule has 0 fully saturated rings. The summed E-state index contributed by atoms with van der Waals surface area (Å²) >= 11 is 0. The number of fused-ring (bicyclic) bond motifs is 1. The molecule has 0 radical (unpaired) electrons. The summed E-state index contributed by atoms with van der Waals surface area (Å²) in [6, 6.07) is 13.2. The molecule has 1 heterocycles. The minimum absolute atomic E-state index is 0.0386. The van der Waals surface area contributed by atoms with E-state index in [9.17, 15) is 17.5 Å². The molecule has 0 aromatic heterocycles. The Morgan fingerprint density at radius 2 is 1.82 bits per heavy atom. The zero-order valence-electron chi connectivity index (χ0n) is 15.3. The second-order valence-corrected chi connectivity index (χ2v) is 10.8. The number of nitrogens with one attached hydrogen (secondary N) is 1. The highest BCUT2D eigenvalue weighted by atomic mass is 32.3. The van der Waals surface area contributed by atoms with Crippen LogP contribution in [0.5, 0.6) is 0 Å². The maximum Gasteiger partial charge on any atom is 0.187 e. The van der Waals surface area contributed by atoms with Gasteiger partial charge in [0.1, 0.15) is 5.25 Å². The van der Waals surface area contributed by atoms with Gasteiger partial charge in [-0.15, -0.1) is 0 Å². The van der Waals surface area contributed by atoms with Crippen molar-refractivity contribution < 1.29 is 27.4 Å². The van der Waals surface area contributed by atoms with Crippen molar-refractivity contribution >= 4 is 20.4 Å². The monoisotopic (exact) mass is 427 g/mol. The molecule has 1 atom stereocenters. The first-order valence-corrected chi connectivity index (χ1v) is 12.2. The molecule has 2 aromatic carbocycles. The number of aliphatic hydroxyl groups excluding tert-OH is 1. The van der Waals surface area contributed by atoms with Crippen LogP contribution >= 0.6 is 10.6 Å².